The van der Waals surface area contributed by atoms with E-state index in [2.05, 4.69) is 0 Å². The van der Waals surface area contributed by atoms with E-state index in [4.69, 9.17) is 10.1 Å². The zero-order valence-electron chi connectivity index (χ0n) is 2.94. The molecule has 7 heavy (non-hydrogen) atoms. The maximum Gasteiger partial charge on any atom is 0.152 e. The maximum atomic E-state index is 8.11. The van der Waals surface area contributed by atoms with E-state index in [1.54, 1.807) is 0 Å². The first kappa shape index (κ1) is 128. The summed E-state index contributed by atoms with van der Waals surface area (Å²) in [6, 6.07) is 0. The summed E-state index contributed by atoms with van der Waals surface area (Å²) in [5, 5.41) is 7.89. The molecular weight excluding hydrogens is 122 g/mol. The molecule has 0 heterocycles. The van der Waals surface area contributed by atoms with E-state index in [0.29, 0.717) is 0 Å². The summed E-state index contributed by atoms with van der Waals surface area (Å²) >= 11 is 0. The first-order valence-corrected chi connectivity index (χ1v) is 0.383. The van der Waals surface area contributed by atoms with E-state index in [9.17, 15) is 0 Å². The van der Waals surface area contributed by atoms with Crippen LogP contribution >= 0.6 is 0 Å². The van der Waals surface area contributed by atoms with Crippen molar-refractivity contribution in [3.8, 4) is 0 Å². The van der Waals surface area contributed by atoms with Gasteiger partial charge >= 0.3 is 0 Å². The molecule has 0 bridgehead atoms. The van der Waals surface area contributed by atoms with Crippen LogP contribution < -0.4 is 0 Å². The van der Waals surface area contributed by atoms with Gasteiger partial charge in [-0.2, -0.15) is 0 Å². The van der Waals surface area contributed by atoms with Crippen molar-refractivity contribution in [1.82, 2.24) is 0 Å². The predicted molar refractivity (Wildman–Crippen MR) is 17.6 cm³/mol. The lowest BCUT2D eigenvalue weighted by molar-refractivity contribution is 0.312. The summed E-state index contributed by atoms with van der Waals surface area (Å²) in [5.74, 6) is 0. The Labute approximate surface area is 35.7 Å². The number of halogens is 4. The molecule has 0 saturated heterocycles. The highest BCUT2D eigenvalue weighted by Gasteiger charge is 1.18. The van der Waals surface area contributed by atoms with Gasteiger partial charge in [-0.05, 0) is 0 Å². The molecule has 0 aliphatic carbocycles. The van der Waals surface area contributed by atoms with Gasteiger partial charge in [-0.3, -0.25) is 18.8 Å². The first-order valence-electron chi connectivity index (χ1n) is 0.383. The maximum absolute atomic E-state index is 8.11. The Morgan fingerprint density at radius 1 is 1.00 bits per heavy atom. The lowest BCUT2D eigenvalue weighted by Crippen LogP contribution is -1.25. The van der Waals surface area contributed by atoms with Gasteiger partial charge in [0, 0.05) is 0 Å². The van der Waals surface area contributed by atoms with Crippen LogP contribution in [0.5, 0.6) is 0 Å². The van der Waals surface area contributed by atoms with Gasteiger partial charge < -0.3 is 5.21 Å². The number of hydrogen-bond acceptors (Lipinski definition) is 2. The summed E-state index contributed by atoms with van der Waals surface area (Å²) in [6.45, 7) is 0. The molecule has 7 heteroatoms. The van der Waals surface area contributed by atoms with E-state index >= 15 is 0 Å². The largest absolute Gasteiger partial charge is 0.379 e. The highest BCUT2D eigenvalue weighted by molar-refractivity contribution is 3.83. The second kappa shape index (κ2) is 6040. The minimum Gasteiger partial charge on any atom is -0.379 e. The van der Waals surface area contributed by atoms with E-state index in [0.717, 1.165) is 0 Å². The van der Waals surface area contributed by atoms with Crippen LogP contribution in [0, 0.1) is 4.91 Å². The highest BCUT2D eigenvalue weighted by atomic mass is 19.0. The minimum atomic E-state index is 0. The monoisotopic (exact) mass is 127 g/mol. The Hall–Kier alpha value is -0.880. The average Bonchev–Trinajstić information content (AvgIpc) is 0.918. The average molecular weight is 127 g/mol. The smallest absolute Gasteiger partial charge is 0.152 e. The van der Waals surface area contributed by atoms with Gasteiger partial charge in [0.15, 0.2) is 5.34 Å². The van der Waals surface area contributed by atoms with E-state index < -0.39 is 0 Å². The zero-order chi connectivity index (χ0) is 2.71. The molecule has 0 aromatic carbocycles. The van der Waals surface area contributed by atoms with Gasteiger partial charge in [-0.15, -0.1) is 4.91 Å². The summed E-state index contributed by atoms with van der Waals surface area (Å²) in [7, 11) is 0. The van der Waals surface area contributed by atoms with Crippen LogP contribution in [-0.2, 0) is 0 Å². The summed E-state index contributed by atoms with van der Waals surface area (Å²) in [4.78, 5) is 8.11. The summed E-state index contributed by atoms with van der Waals surface area (Å²) in [5.41, 5.74) is 0. The Morgan fingerprint density at radius 2 is 1.00 bits per heavy atom. The fourth-order valence-corrected chi connectivity index (χ4v) is 0. The van der Waals surface area contributed by atoms with Gasteiger partial charge in [0.2, 0.25) is 0 Å². The second-order valence-electron chi connectivity index (χ2n) is 0.0816. The molecule has 0 aliphatic heterocycles. The lowest BCUT2D eigenvalue weighted by atomic mass is 13.4. The van der Waals surface area contributed by atoms with Crippen LogP contribution in [0.3, 0.4) is 0 Å². The van der Waals surface area contributed by atoms with E-state index in [-0.39, 0.29) is 18.8 Å². The molecule has 0 radical (unpaired) electrons. The fraction of sp³-hybridized carbons (Fsp3) is 0. The minimum absolute atomic E-state index is 0. The Balaban J connectivity index is -0.00000000333. The Kier molecular flexibility index (Phi) is 110000. The van der Waals surface area contributed by atoms with Gasteiger partial charge in [0.05, 0.1) is 0 Å². The molecule has 0 fully saturated rings. The van der Waals surface area contributed by atoms with Crippen molar-refractivity contribution in [2.45, 2.75) is 0 Å². The van der Waals surface area contributed by atoms with Crippen molar-refractivity contribution in [1.29, 1.82) is 0 Å². The molecule has 0 rings (SSSR count). The number of rotatable bonds is 0. The van der Waals surface area contributed by atoms with E-state index in [1.807, 2.05) is 0 Å². The molecule has 0 unspecified atom stereocenters. The highest BCUT2D eigenvalue weighted by Crippen LogP contribution is 1.25. The number of nitrogens with zero attached hydrogens (tertiary/aromatic N) is 1. The van der Waals surface area contributed by atoms with Crippen molar-refractivity contribution in [2.75, 3.05) is 0 Å². The van der Waals surface area contributed by atoms with Crippen molar-refractivity contribution < 1.29 is 24.0 Å². The van der Waals surface area contributed by atoms with Crippen LogP contribution in [-0.4, -0.2) is 5.21 Å². The quantitative estimate of drug-likeness (QED) is 0.296. The molecule has 0 spiro atoms. The standard InChI is InChI=1S/4FH.HNO2/c;;;;2-1-3/h4*1H;(H,2,3). The zero-order valence-corrected chi connectivity index (χ0v) is 2.94. The normalized spacial score (nSPS) is 1.71. The molecule has 0 atom stereocenters. The molecular formula is H5F4NO2. The summed E-state index contributed by atoms with van der Waals surface area (Å²) < 4.78 is 0. The third-order valence-electron chi connectivity index (χ3n) is 0. The fourth-order valence-electron chi connectivity index (χ4n) is 0. The lowest BCUT2D eigenvalue weighted by Gasteiger charge is -1.32. The van der Waals surface area contributed by atoms with Crippen LogP contribution in [0.1, 0.15) is 0 Å². The predicted octanol–water partition coefficient (Wildman–Crippen LogP) is 0.752. The molecule has 0 aromatic heterocycles. The second-order valence-corrected chi connectivity index (χ2v) is 0.0816. The van der Waals surface area contributed by atoms with E-state index in [1.165, 1.54) is 5.34 Å². The topological polar surface area (TPSA) is 49.7 Å². The van der Waals surface area contributed by atoms with Crippen LogP contribution in [0.4, 0.5) is 18.8 Å². The van der Waals surface area contributed by atoms with Gasteiger partial charge in [-0.1, -0.05) is 0 Å². The van der Waals surface area contributed by atoms with Crippen molar-refractivity contribution >= 4 is 0 Å². The van der Waals surface area contributed by atoms with Crippen molar-refractivity contribution in [2.24, 2.45) is 5.34 Å². The number of hydrogen-bond donors (Lipinski definition) is 1. The summed E-state index contributed by atoms with van der Waals surface area (Å²) in [6.07, 6.45) is 0. The molecule has 50 valence electrons. The Morgan fingerprint density at radius 3 is 1.00 bits per heavy atom. The van der Waals surface area contributed by atoms with Crippen LogP contribution in [0.2, 0.25) is 0 Å². The van der Waals surface area contributed by atoms with Crippen molar-refractivity contribution in [3.05, 3.63) is 4.91 Å². The molecule has 0 amide bonds. The van der Waals surface area contributed by atoms with Crippen molar-refractivity contribution in [3.63, 3.8) is 0 Å². The molecule has 0 aromatic rings. The Bertz CT molecular complexity index is 17.2. The third kappa shape index (κ3) is 64.4. The molecule has 1 N–H and O–H groups in total. The molecule has 0 saturated carbocycles. The SMILES string of the molecule is F.F.F.F.O=NO. The van der Waals surface area contributed by atoms with Gasteiger partial charge in [0.1, 0.15) is 0 Å². The van der Waals surface area contributed by atoms with Crippen LogP contribution in [0.15, 0.2) is 5.34 Å². The third-order valence-corrected chi connectivity index (χ3v) is 0. The first-order chi connectivity index (χ1) is 1.41. The molecule has 3 nitrogen and oxygen atoms in total. The van der Waals surface area contributed by atoms with Gasteiger partial charge in [0.25, 0.3) is 0 Å². The van der Waals surface area contributed by atoms with Gasteiger partial charge in [-0.25, -0.2) is 0 Å². The van der Waals surface area contributed by atoms with Crippen LogP contribution in [0.25, 0.3) is 0 Å². The molecule has 0 aliphatic rings.